The number of fused-ring (bicyclic) bond motifs is 1. The van der Waals surface area contributed by atoms with Crippen LogP contribution in [-0.4, -0.2) is 42.2 Å². The second kappa shape index (κ2) is 3.93. The Morgan fingerprint density at radius 1 is 1.35 bits per heavy atom. The minimum atomic E-state index is -0.613. The summed E-state index contributed by atoms with van der Waals surface area (Å²) < 4.78 is 16.8. The molecule has 0 aromatic rings. The first-order chi connectivity index (χ1) is 7.68. The van der Waals surface area contributed by atoms with E-state index in [9.17, 15) is 4.79 Å². The van der Waals surface area contributed by atoms with Crippen LogP contribution in [0.2, 0.25) is 0 Å². The fourth-order valence-corrected chi connectivity index (χ4v) is 2.25. The molecule has 5 heteroatoms. The fraction of sp³-hybridized carbons (Fsp3) is 0.917. The molecule has 2 aliphatic heterocycles. The summed E-state index contributed by atoms with van der Waals surface area (Å²) in [7, 11) is 0. The van der Waals surface area contributed by atoms with Crippen LogP contribution in [0.1, 0.15) is 34.6 Å². The van der Waals surface area contributed by atoms with Gasteiger partial charge in [-0.25, -0.2) is 0 Å². The highest BCUT2D eigenvalue weighted by Crippen LogP contribution is 2.33. The maximum atomic E-state index is 12.0. The van der Waals surface area contributed by atoms with Crippen LogP contribution in [0.15, 0.2) is 0 Å². The van der Waals surface area contributed by atoms with Crippen molar-refractivity contribution < 1.29 is 19.0 Å². The first-order valence-electron chi connectivity index (χ1n) is 6.00. The Morgan fingerprint density at radius 3 is 2.59 bits per heavy atom. The summed E-state index contributed by atoms with van der Waals surface area (Å²) in [6, 6.07) is -0.430. The van der Waals surface area contributed by atoms with E-state index in [0.717, 1.165) is 0 Å². The lowest BCUT2D eigenvalue weighted by atomic mass is 10.1. The molecule has 0 aliphatic carbocycles. The maximum Gasteiger partial charge on any atom is 0.326 e. The Morgan fingerprint density at radius 2 is 2.00 bits per heavy atom. The van der Waals surface area contributed by atoms with Crippen molar-refractivity contribution in [3.8, 4) is 0 Å². The van der Waals surface area contributed by atoms with Crippen molar-refractivity contribution in [1.82, 2.24) is 5.32 Å². The van der Waals surface area contributed by atoms with E-state index in [-0.39, 0.29) is 18.2 Å². The standard InChI is InChI=1S/C12H21NO4/c1-11(2,3)17-10(14)8-9-7(6-13-8)15-12(4,5)16-9/h7-9,13H,6H2,1-5H3. The van der Waals surface area contributed by atoms with Crippen LogP contribution in [0.4, 0.5) is 0 Å². The fourth-order valence-electron chi connectivity index (χ4n) is 2.25. The molecule has 5 nitrogen and oxygen atoms in total. The lowest BCUT2D eigenvalue weighted by molar-refractivity contribution is -0.169. The van der Waals surface area contributed by atoms with Gasteiger partial charge in [-0.3, -0.25) is 10.1 Å². The van der Waals surface area contributed by atoms with Crippen LogP contribution in [0, 0.1) is 0 Å². The Kier molecular flexibility index (Phi) is 2.96. The number of hydrogen-bond acceptors (Lipinski definition) is 5. The summed E-state index contributed by atoms with van der Waals surface area (Å²) in [6.45, 7) is 9.90. The van der Waals surface area contributed by atoms with Gasteiger partial charge in [0.1, 0.15) is 23.9 Å². The molecule has 0 bridgehead atoms. The second-order valence-electron chi connectivity index (χ2n) is 6.06. The predicted octanol–water partition coefficient (Wildman–Crippen LogP) is 0.820. The molecule has 2 aliphatic rings. The number of esters is 1. The van der Waals surface area contributed by atoms with Gasteiger partial charge in [0.15, 0.2) is 5.79 Å². The van der Waals surface area contributed by atoms with Gasteiger partial charge in [-0.1, -0.05) is 0 Å². The van der Waals surface area contributed by atoms with Crippen LogP contribution in [0.5, 0.6) is 0 Å². The average Bonchev–Trinajstić information content (AvgIpc) is 2.54. The molecule has 98 valence electrons. The van der Waals surface area contributed by atoms with Gasteiger partial charge in [0.2, 0.25) is 0 Å². The Bertz CT molecular complexity index is 321. The normalized spacial score (nSPS) is 35.7. The predicted molar refractivity (Wildman–Crippen MR) is 61.5 cm³/mol. The van der Waals surface area contributed by atoms with Crippen molar-refractivity contribution in [2.45, 2.75) is 64.3 Å². The smallest absolute Gasteiger partial charge is 0.326 e. The van der Waals surface area contributed by atoms with Gasteiger partial charge in [0.05, 0.1) is 0 Å². The summed E-state index contributed by atoms with van der Waals surface area (Å²) in [4.78, 5) is 12.0. The zero-order valence-corrected chi connectivity index (χ0v) is 11.1. The van der Waals surface area contributed by atoms with Gasteiger partial charge in [-0.2, -0.15) is 0 Å². The Labute approximate surface area is 102 Å². The largest absolute Gasteiger partial charge is 0.459 e. The molecular formula is C12H21NO4. The van der Waals surface area contributed by atoms with E-state index < -0.39 is 17.4 Å². The monoisotopic (exact) mass is 243 g/mol. The van der Waals surface area contributed by atoms with E-state index in [1.165, 1.54) is 0 Å². The van der Waals surface area contributed by atoms with Crippen molar-refractivity contribution in [2.75, 3.05) is 6.54 Å². The first-order valence-corrected chi connectivity index (χ1v) is 6.00. The second-order valence-corrected chi connectivity index (χ2v) is 6.06. The quantitative estimate of drug-likeness (QED) is 0.691. The number of rotatable bonds is 1. The van der Waals surface area contributed by atoms with Crippen LogP contribution in [-0.2, 0) is 19.0 Å². The van der Waals surface area contributed by atoms with Gasteiger partial charge in [-0.15, -0.1) is 0 Å². The van der Waals surface area contributed by atoms with E-state index in [1.807, 2.05) is 34.6 Å². The molecule has 0 spiro atoms. The first kappa shape index (κ1) is 12.8. The molecule has 3 unspecified atom stereocenters. The molecule has 0 amide bonds. The molecule has 3 atom stereocenters. The highest BCUT2D eigenvalue weighted by atomic mass is 16.8. The van der Waals surface area contributed by atoms with Gasteiger partial charge in [-0.05, 0) is 34.6 Å². The van der Waals surface area contributed by atoms with Crippen LogP contribution in [0.3, 0.4) is 0 Å². The molecular weight excluding hydrogens is 222 g/mol. The van der Waals surface area contributed by atoms with Gasteiger partial charge in [0.25, 0.3) is 0 Å². The highest BCUT2D eigenvalue weighted by Gasteiger charge is 2.52. The molecule has 0 radical (unpaired) electrons. The number of hydrogen-bond donors (Lipinski definition) is 1. The van der Waals surface area contributed by atoms with Gasteiger partial charge >= 0.3 is 5.97 Å². The summed E-state index contributed by atoms with van der Waals surface area (Å²) in [5.74, 6) is -0.885. The van der Waals surface area contributed by atoms with E-state index in [4.69, 9.17) is 14.2 Å². The summed E-state index contributed by atoms with van der Waals surface area (Å²) in [5, 5.41) is 3.09. The van der Waals surface area contributed by atoms with E-state index in [2.05, 4.69) is 5.32 Å². The number of ether oxygens (including phenoxy) is 3. The zero-order valence-electron chi connectivity index (χ0n) is 11.1. The van der Waals surface area contributed by atoms with Crippen molar-refractivity contribution >= 4 is 5.97 Å². The Balaban J connectivity index is 2.02. The zero-order chi connectivity index (χ0) is 12.8. The van der Waals surface area contributed by atoms with Gasteiger partial charge < -0.3 is 14.2 Å². The summed E-state index contributed by atoms with van der Waals surface area (Å²) >= 11 is 0. The van der Waals surface area contributed by atoms with Gasteiger partial charge in [0, 0.05) is 6.54 Å². The van der Waals surface area contributed by atoms with Crippen molar-refractivity contribution in [1.29, 1.82) is 0 Å². The number of carbonyl (C=O) groups is 1. The Hall–Kier alpha value is -0.650. The molecule has 0 saturated carbocycles. The summed E-state index contributed by atoms with van der Waals surface area (Å²) in [5.41, 5.74) is -0.480. The average molecular weight is 243 g/mol. The molecule has 0 aromatic heterocycles. The summed E-state index contributed by atoms with van der Waals surface area (Å²) in [6.07, 6.45) is -0.317. The van der Waals surface area contributed by atoms with Crippen molar-refractivity contribution in [2.24, 2.45) is 0 Å². The lowest BCUT2D eigenvalue weighted by Gasteiger charge is -2.25. The third kappa shape index (κ3) is 2.78. The molecule has 2 heterocycles. The lowest BCUT2D eigenvalue weighted by Crippen LogP contribution is -2.44. The SMILES string of the molecule is CC(C)(C)OC(=O)C1NCC2OC(C)(C)OC21. The van der Waals surface area contributed by atoms with Crippen LogP contribution in [0.25, 0.3) is 0 Å². The molecule has 2 fully saturated rings. The van der Waals surface area contributed by atoms with E-state index in [1.54, 1.807) is 0 Å². The topological polar surface area (TPSA) is 56.8 Å². The third-order valence-corrected chi connectivity index (χ3v) is 2.75. The molecule has 2 rings (SSSR count). The van der Waals surface area contributed by atoms with Crippen molar-refractivity contribution in [3.63, 3.8) is 0 Å². The number of nitrogens with one attached hydrogen (secondary N) is 1. The van der Waals surface area contributed by atoms with Crippen molar-refractivity contribution in [3.05, 3.63) is 0 Å². The molecule has 17 heavy (non-hydrogen) atoms. The minimum absolute atomic E-state index is 0.0671. The third-order valence-electron chi connectivity index (χ3n) is 2.75. The molecule has 2 saturated heterocycles. The van der Waals surface area contributed by atoms with E-state index >= 15 is 0 Å². The van der Waals surface area contributed by atoms with Crippen LogP contribution < -0.4 is 5.32 Å². The highest BCUT2D eigenvalue weighted by molar-refractivity contribution is 5.77. The maximum absolute atomic E-state index is 12.0. The van der Waals surface area contributed by atoms with E-state index in [0.29, 0.717) is 6.54 Å². The van der Waals surface area contributed by atoms with Crippen LogP contribution >= 0.6 is 0 Å². The number of carbonyl (C=O) groups excluding carboxylic acids is 1. The molecule has 0 aromatic carbocycles. The molecule has 1 N–H and O–H groups in total. The minimum Gasteiger partial charge on any atom is -0.459 e.